The predicted molar refractivity (Wildman–Crippen MR) is 105 cm³/mol. The lowest BCUT2D eigenvalue weighted by atomic mass is 10.00. The second-order valence-electron chi connectivity index (χ2n) is 6.15. The molecule has 130 valence electrons. The first kappa shape index (κ1) is 15.7. The minimum Gasteiger partial charge on any atom is -0.314 e. The van der Waals surface area contributed by atoms with E-state index in [1.54, 1.807) is 12.4 Å². The second-order valence-corrected chi connectivity index (χ2v) is 7.10. The van der Waals surface area contributed by atoms with E-state index >= 15 is 0 Å². The lowest BCUT2D eigenvalue weighted by Gasteiger charge is -2.03. The highest BCUT2D eigenvalue weighted by Gasteiger charge is 2.34. The van der Waals surface area contributed by atoms with Gasteiger partial charge in [-0.3, -0.25) is 19.9 Å². The number of rotatable bonds is 3. The van der Waals surface area contributed by atoms with Crippen LogP contribution >= 0.6 is 11.3 Å². The number of thiophene rings is 1. The Morgan fingerprint density at radius 2 is 1.78 bits per heavy atom. The van der Waals surface area contributed by atoms with Crippen molar-refractivity contribution in [2.75, 3.05) is 0 Å². The van der Waals surface area contributed by atoms with Crippen molar-refractivity contribution in [1.82, 2.24) is 14.9 Å². The summed E-state index contributed by atoms with van der Waals surface area (Å²) in [6.07, 6.45) is 5.39. The highest BCUT2D eigenvalue weighted by molar-refractivity contribution is 7.11. The second kappa shape index (κ2) is 6.03. The lowest BCUT2D eigenvalue weighted by Crippen LogP contribution is -2.22. The van der Waals surface area contributed by atoms with Crippen molar-refractivity contribution >= 4 is 45.2 Å². The first-order chi connectivity index (χ1) is 13.2. The van der Waals surface area contributed by atoms with Gasteiger partial charge in [0.1, 0.15) is 0 Å². The Hall–Kier alpha value is -3.51. The van der Waals surface area contributed by atoms with Crippen molar-refractivity contribution in [3.8, 4) is 5.69 Å². The molecule has 0 fully saturated rings. The van der Waals surface area contributed by atoms with Gasteiger partial charge in [-0.15, -0.1) is 11.3 Å². The summed E-state index contributed by atoms with van der Waals surface area (Å²) in [5.41, 5.74) is 3.43. The highest BCUT2D eigenvalue weighted by Crippen LogP contribution is 2.37. The molecule has 4 heterocycles. The van der Waals surface area contributed by atoms with E-state index in [2.05, 4.69) is 10.3 Å². The molecule has 0 spiro atoms. The first-order valence-corrected chi connectivity index (χ1v) is 9.26. The van der Waals surface area contributed by atoms with Gasteiger partial charge in [-0.25, -0.2) is 0 Å². The minimum absolute atomic E-state index is 0.351. The molecule has 1 aliphatic heterocycles. The molecule has 5 rings (SSSR count). The number of hydrogen-bond acceptors (Lipinski definition) is 4. The number of pyridine rings is 1. The molecule has 5 nitrogen and oxygen atoms in total. The van der Waals surface area contributed by atoms with E-state index in [0.717, 1.165) is 27.0 Å². The van der Waals surface area contributed by atoms with Crippen LogP contribution in [0.3, 0.4) is 0 Å². The fourth-order valence-electron chi connectivity index (χ4n) is 3.46. The highest BCUT2D eigenvalue weighted by atomic mass is 32.1. The van der Waals surface area contributed by atoms with E-state index in [4.69, 9.17) is 0 Å². The Morgan fingerprint density at radius 3 is 2.56 bits per heavy atom. The summed E-state index contributed by atoms with van der Waals surface area (Å²) in [5, 5.41) is 5.26. The summed E-state index contributed by atoms with van der Waals surface area (Å²) in [7, 11) is 0. The fourth-order valence-corrected chi connectivity index (χ4v) is 4.23. The van der Waals surface area contributed by atoms with E-state index in [-0.39, 0.29) is 11.8 Å². The van der Waals surface area contributed by atoms with Crippen molar-refractivity contribution < 1.29 is 9.59 Å². The molecule has 1 aliphatic rings. The normalized spacial score (nSPS) is 14.2. The summed E-state index contributed by atoms with van der Waals surface area (Å²) in [5.74, 6) is -0.715. The van der Waals surface area contributed by atoms with E-state index < -0.39 is 0 Å². The third-order valence-electron chi connectivity index (χ3n) is 4.60. The van der Waals surface area contributed by atoms with Gasteiger partial charge in [0.2, 0.25) is 0 Å². The van der Waals surface area contributed by atoms with Crippen molar-refractivity contribution in [3.63, 3.8) is 0 Å². The van der Waals surface area contributed by atoms with Crippen LogP contribution in [0.1, 0.15) is 10.4 Å². The van der Waals surface area contributed by atoms with Crippen LogP contribution in [0.4, 0.5) is 0 Å². The van der Waals surface area contributed by atoms with Crippen LogP contribution in [0.5, 0.6) is 0 Å². The number of nitrogens with zero attached hydrogens (tertiary/aromatic N) is 2. The molecule has 0 bridgehead atoms. The molecule has 6 heteroatoms. The molecule has 0 radical (unpaired) electrons. The molecular weight excluding hydrogens is 358 g/mol. The Bertz CT molecular complexity index is 1220. The summed E-state index contributed by atoms with van der Waals surface area (Å²) in [6, 6.07) is 15.4. The van der Waals surface area contributed by atoms with Gasteiger partial charge in [0.25, 0.3) is 11.8 Å². The van der Waals surface area contributed by atoms with Gasteiger partial charge in [-0.2, -0.15) is 0 Å². The van der Waals surface area contributed by atoms with E-state index in [1.165, 1.54) is 11.3 Å². The largest absolute Gasteiger partial charge is 0.314 e. The smallest absolute Gasteiger partial charge is 0.260 e. The van der Waals surface area contributed by atoms with Crippen LogP contribution in [0.15, 0.2) is 72.5 Å². The first-order valence-electron chi connectivity index (χ1n) is 8.39. The van der Waals surface area contributed by atoms with E-state index in [0.29, 0.717) is 11.1 Å². The van der Waals surface area contributed by atoms with Crippen LogP contribution in [0, 0.1) is 0 Å². The molecule has 0 unspecified atom stereocenters. The number of benzene rings is 1. The molecular formula is C21H13N3O2S. The van der Waals surface area contributed by atoms with Crippen LogP contribution < -0.4 is 5.32 Å². The third-order valence-corrected chi connectivity index (χ3v) is 5.49. The Kier molecular flexibility index (Phi) is 3.51. The standard InChI is InChI=1S/C21H13N3O2S/c25-20-18(19(21(26)23-20)17-8-4-10-27-17)15-12-24(13-5-3-9-22-11-13)16-7-2-1-6-14(15)16/h1-12H,(H,23,25,26). The van der Waals surface area contributed by atoms with Crippen LogP contribution in [0.2, 0.25) is 0 Å². The zero-order valence-electron chi connectivity index (χ0n) is 14.0. The summed E-state index contributed by atoms with van der Waals surface area (Å²) >= 11 is 1.45. The Balaban J connectivity index is 1.83. The average molecular weight is 371 g/mol. The molecule has 4 aromatic rings. The van der Waals surface area contributed by atoms with Gasteiger partial charge in [0.05, 0.1) is 28.5 Å². The molecule has 0 saturated carbocycles. The molecule has 0 atom stereocenters. The van der Waals surface area contributed by atoms with Gasteiger partial charge in [-0.1, -0.05) is 24.3 Å². The number of imide groups is 1. The summed E-state index contributed by atoms with van der Waals surface area (Å²) in [6.45, 7) is 0. The van der Waals surface area contributed by atoms with Gasteiger partial charge in [0, 0.05) is 28.2 Å². The number of nitrogens with one attached hydrogen (secondary N) is 1. The Labute approximate surface area is 158 Å². The number of hydrogen-bond donors (Lipinski definition) is 1. The third kappa shape index (κ3) is 2.42. The fraction of sp³-hybridized carbons (Fsp3) is 0. The van der Waals surface area contributed by atoms with Crippen molar-refractivity contribution in [2.24, 2.45) is 0 Å². The van der Waals surface area contributed by atoms with Gasteiger partial charge < -0.3 is 4.57 Å². The summed E-state index contributed by atoms with van der Waals surface area (Å²) < 4.78 is 1.99. The number of carbonyl (C=O) groups is 2. The number of aromatic nitrogens is 2. The molecule has 1 N–H and O–H groups in total. The quantitative estimate of drug-likeness (QED) is 0.559. The van der Waals surface area contributed by atoms with Gasteiger partial charge in [0.15, 0.2) is 0 Å². The lowest BCUT2D eigenvalue weighted by molar-refractivity contribution is -0.122. The maximum absolute atomic E-state index is 12.7. The van der Waals surface area contributed by atoms with Crippen LogP contribution in [0.25, 0.3) is 27.7 Å². The monoisotopic (exact) mass is 371 g/mol. The van der Waals surface area contributed by atoms with E-state index in [9.17, 15) is 9.59 Å². The molecule has 1 aromatic carbocycles. The maximum atomic E-state index is 12.7. The zero-order valence-corrected chi connectivity index (χ0v) is 14.9. The Morgan fingerprint density at radius 1 is 0.926 bits per heavy atom. The van der Waals surface area contributed by atoms with Gasteiger partial charge in [-0.05, 0) is 29.6 Å². The number of amides is 2. The van der Waals surface area contributed by atoms with Crippen molar-refractivity contribution in [3.05, 3.63) is 82.9 Å². The van der Waals surface area contributed by atoms with Crippen molar-refractivity contribution in [1.29, 1.82) is 0 Å². The zero-order chi connectivity index (χ0) is 18.4. The molecule has 3 aromatic heterocycles. The van der Waals surface area contributed by atoms with Crippen LogP contribution in [-0.2, 0) is 9.59 Å². The molecule has 0 aliphatic carbocycles. The maximum Gasteiger partial charge on any atom is 0.260 e. The minimum atomic E-state index is -0.363. The van der Waals surface area contributed by atoms with Crippen LogP contribution in [-0.4, -0.2) is 21.4 Å². The molecule has 0 saturated heterocycles. The molecule has 27 heavy (non-hydrogen) atoms. The van der Waals surface area contributed by atoms with Gasteiger partial charge >= 0.3 is 0 Å². The molecule has 2 amide bonds. The summed E-state index contributed by atoms with van der Waals surface area (Å²) in [4.78, 5) is 30.1. The number of para-hydroxylation sites is 1. The predicted octanol–water partition coefficient (Wildman–Crippen LogP) is 3.65. The number of carbonyl (C=O) groups excluding carboxylic acids is 2. The topological polar surface area (TPSA) is 64.0 Å². The van der Waals surface area contributed by atoms with E-state index in [1.807, 2.05) is 64.7 Å². The number of fused-ring (bicyclic) bond motifs is 1. The SMILES string of the molecule is O=C1NC(=O)C(c2cn(-c3cccnc3)c3ccccc23)=C1c1cccs1. The van der Waals surface area contributed by atoms with Crippen molar-refractivity contribution in [2.45, 2.75) is 0 Å². The average Bonchev–Trinajstić information content (AvgIpc) is 3.40.